The van der Waals surface area contributed by atoms with Gasteiger partial charge in [-0.1, -0.05) is 12.1 Å². The van der Waals surface area contributed by atoms with E-state index in [-0.39, 0.29) is 0 Å². The number of nitrogens with two attached hydrogens (primary N) is 1. The van der Waals surface area contributed by atoms with E-state index in [1.54, 1.807) is 18.2 Å². The Kier molecular flexibility index (Phi) is 2.42. The largest absolute Gasteiger partial charge is 0.397 e. The molecule has 0 fully saturated rings. The van der Waals surface area contributed by atoms with Gasteiger partial charge in [0, 0.05) is 10.0 Å². The van der Waals surface area contributed by atoms with Gasteiger partial charge in [-0.05, 0) is 35.8 Å². The van der Waals surface area contributed by atoms with Crippen LogP contribution in [0.5, 0.6) is 0 Å². The van der Waals surface area contributed by atoms with Crippen molar-refractivity contribution in [3.8, 4) is 0 Å². The monoisotopic (exact) mass is 231 g/mol. The van der Waals surface area contributed by atoms with Crippen molar-refractivity contribution < 1.29 is 4.39 Å². The van der Waals surface area contributed by atoms with Gasteiger partial charge in [0.05, 0.1) is 5.69 Å². The molecule has 0 saturated carbocycles. The number of benzene rings is 1. The molecule has 3 heteroatoms. The van der Waals surface area contributed by atoms with E-state index >= 15 is 0 Å². The maximum absolute atomic E-state index is 13.5. The molecule has 0 amide bonds. The van der Waals surface area contributed by atoms with Crippen molar-refractivity contribution in [3.63, 3.8) is 0 Å². The first-order valence-corrected chi connectivity index (χ1v) is 4.45. The average molecular weight is 232 g/mol. The van der Waals surface area contributed by atoms with Crippen LogP contribution in [0.1, 0.15) is 19.4 Å². The van der Waals surface area contributed by atoms with Gasteiger partial charge in [0.1, 0.15) is 5.67 Å². The predicted octanol–water partition coefficient (Wildman–Crippen LogP) is 3.24. The zero-order chi connectivity index (χ0) is 9.35. The number of nitrogen functional groups attached to an aromatic ring is 1. The van der Waals surface area contributed by atoms with Crippen LogP contribution in [0.2, 0.25) is 0 Å². The van der Waals surface area contributed by atoms with E-state index < -0.39 is 5.67 Å². The number of anilines is 1. The topological polar surface area (TPSA) is 26.0 Å². The third-order valence-electron chi connectivity index (χ3n) is 1.69. The highest BCUT2D eigenvalue weighted by Gasteiger charge is 2.21. The van der Waals surface area contributed by atoms with Crippen LogP contribution >= 0.6 is 15.9 Å². The number of para-hydroxylation sites is 1. The number of alkyl halides is 1. The molecule has 0 heterocycles. The minimum Gasteiger partial charge on any atom is -0.397 e. The van der Waals surface area contributed by atoms with Gasteiger partial charge in [-0.25, -0.2) is 4.39 Å². The Balaban J connectivity index is 3.26. The maximum atomic E-state index is 13.5. The lowest BCUT2D eigenvalue weighted by Gasteiger charge is -2.17. The lowest BCUT2D eigenvalue weighted by Crippen LogP contribution is -2.12. The molecule has 0 saturated heterocycles. The summed E-state index contributed by atoms with van der Waals surface area (Å²) in [6, 6.07) is 5.27. The molecule has 66 valence electrons. The normalized spacial score (nSPS) is 11.7. The Morgan fingerprint density at radius 2 is 2.00 bits per heavy atom. The van der Waals surface area contributed by atoms with Crippen LogP contribution in [0, 0.1) is 0 Å². The summed E-state index contributed by atoms with van der Waals surface area (Å²) in [5, 5.41) is 0. The Morgan fingerprint density at radius 3 is 2.42 bits per heavy atom. The zero-order valence-electron chi connectivity index (χ0n) is 7.07. The van der Waals surface area contributed by atoms with Crippen molar-refractivity contribution in [2.45, 2.75) is 19.5 Å². The highest BCUT2D eigenvalue weighted by atomic mass is 79.9. The number of rotatable bonds is 1. The number of hydrogen-bond donors (Lipinski definition) is 1. The van der Waals surface area contributed by atoms with E-state index in [4.69, 9.17) is 5.73 Å². The first-order chi connectivity index (χ1) is 5.43. The van der Waals surface area contributed by atoms with Crippen molar-refractivity contribution in [2.24, 2.45) is 0 Å². The van der Waals surface area contributed by atoms with E-state index in [9.17, 15) is 4.39 Å². The molecule has 0 aliphatic rings. The third-order valence-corrected chi connectivity index (χ3v) is 2.38. The molecule has 1 rings (SSSR count). The molecule has 0 bridgehead atoms. The summed E-state index contributed by atoms with van der Waals surface area (Å²) in [6.45, 7) is 2.98. The Bertz CT molecular complexity index is 291. The molecule has 0 spiro atoms. The molecular weight excluding hydrogens is 221 g/mol. The SMILES string of the molecule is CC(C)(F)c1cccc(Br)c1N. The quantitative estimate of drug-likeness (QED) is 0.739. The fourth-order valence-corrected chi connectivity index (χ4v) is 1.42. The smallest absolute Gasteiger partial charge is 0.132 e. The van der Waals surface area contributed by atoms with E-state index in [1.807, 2.05) is 0 Å². The molecule has 0 aromatic heterocycles. The van der Waals surface area contributed by atoms with Crippen LogP contribution in [-0.2, 0) is 5.67 Å². The Labute approximate surface area is 79.9 Å². The van der Waals surface area contributed by atoms with Crippen LogP contribution in [-0.4, -0.2) is 0 Å². The van der Waals surface area contributed by atoms with Crippen LogP contribution < -0.4 is 5.73 Å². The lowest BCUT2D eigenvalue weighted by atomic mass is 9.99. The van der Waals surface area contributed by atoms with Crippen LogP contribution in [0.15, 0.2) is 22.7 Å². The minimum absolute atomic E-state index is 0.477. The molecule has 1 aromatic carbocycles. The van der Waals surface area contributed by atoms with E-state index in [1.165, 1.54) is 13.8 Å². The molecule has 1 nitrogen and oxygen atoms in total. The molecule has 1 aromatic rings. The number of halogens is 2. The van der Waals surface area contributed by atoms with Crippen molar-refractivity contribution in [3.05, 3.63) is 28.2 Å². The zero-order valence-corrected chi connectivity index (χ0v) is 8.65. The van der Waals surface area contributed by atoms with Gasteiger partial charge < -0.3 is 5.73 Å². The summed E-state index contributed by atoms with van der Waals surface area (Å²) < 4.78 is 14.2. The Hall–Kier alpha value is -0.570. The van der Waals surface area contributed by atoms with E-state index in [2.05, 4.69) is 15.9 Å². The van der Waals surface area contributed by atoms with Gasteiger partial charge in [-0.2, -0.15) is 0 Å². The molecule has 0 aliphatic heterocycles. The standard InChI is InChI=1S/C9H11BrFN/c1-9(2,11)6-4-3-5-7(10)8(6)12/h3-5H,12H2,1-2H3. The summed E-state index contributed by atoms with van der Waals surface area (Å²) >= 11 is 3.25. The molecule has 2 N–H and O–H groups in total. The second-order valence-electron chi connectivity index (χ2n) is 3.17. The van der Waals surface area contributed by atoms with Gasteiger partial charge in [0.2, 0.25) is 0 Å². The molecule has 0 aliphatic carbocycles. The summed E-state index contributed by atoms with van der Waals surface area (Å²) in [5.74, 6) is 0. The lowest BCUT2D eigenvalue weighted by molar-refractivity contribution is 0.222. The van der Waals surface area contributed by atoms with Gasteiger partial charge >= 0.3 is 0 Å². The highest BCUT2D eigenvalue weighted by molar-refractivity contribution is 9.10. The fourth-order valence-electron chi connectivity index (χ4n) is 1.06. The van der Waals surface area contributed by atoms with Crippen LogP contribution in [0.25, 0.3) is 0 Å². The molecular formula is C9H11BrFN. The second-order valence-corrected chi connectivity index (χ2v) is 4.03. The summed E-state index contributed by atoms with van der Waals surface area (Å²) in [6.07, 6.45) is 0. The van der Waals surface area contributed by atoms with Gasteiger partial charge in [-0.3, -0.25) is 0 Å². The fraction of sp³-hybridized carbons (Fsp3) is 0.333. The van der Waals surface area contributed by atoms with Gasteiger partial charge in [-0.15, -0.1) is 0 Å². The molecule has 0 radical (unpaired) electrons. The highest BCUT2D eigenvalue weighted by Crippen LogP contribution is 2.33. The first-order valence-electron chi connectivity index (χ1n) is 3.66. The minimum atomic E-state index is -1.38. The van der Waals surface area contributed by atoms with Gasteiger partial charge in [0.15, 0.2) is 0 Å². The predicted molar refractivity (Wildman–Crippen MR) is 52.7 cm³/mol. The summed E-state index contributed by atoms with van der Waals surface area (Å²) in [7, 11) is 0. The van der Waals surface area contributed by atoms with Crippen LogP contribution in [0.4, 0.5) is 10.1 Å². The maximum Gasteiger partial charge on any atom is 0.132 e. The summed E-state index contributed by atoms with van der Waals surface area (Å²) in [4.78, 5) is 0. The molecule has 12 heavy (non-hydrogen) atoms. The Morgan fingerprint density at radius 1 is 1.42 bits per heavy atom. The second kappa shape index (κ2) is 3.05. The van der Waals surface area contributed by atoms with E-state index in [0.29, 0.717) is 11.3 Å². The molecule has 0 atom stereocenters. The average Bonchev–Trinajstić information content (AvgIpc) is 1.92. The third kappa shape index (κ3) is 1.78. The van der Waals surface area contributed by atoms with Crippen LogP contribution in [0.3, 0.4) is 0 Å². The molecule has 0 unspecified atom stereocenters. The summed E-state index contributed by atoms with van der Waals surface area (Å²) in [5.41, 5.74) is 5.30. The first kappa shape index (κ1) is 9.52. The van der Waals surface area contributed by atoms with Crippen molar-refractivity contribution >= 4 is 21.6 Å². The van der Waals surface area contributed by atoms with Gasteiger partial charge in [0.25, 0.3) is 0 Å². The van der Waals surface area contributed by atoms with E-state index in [0.717, 1.165) is 4.47 Å². The number of hydrogen-bond acceptors (Lipinski definition) is 1. The van der Waals surface area contributed by atoms with Crippen molar-refractivity contribution in [2.75, 3.05) is 5.73 Å². The van der Waals surface area contributed by atoms with Crippen molar-refractivity contribution in [1.29, 1.82) is 0 Å². The van der Waals surface area contributed by atoms with Crippen molar-refractivity contribution in [1.82, 2.24) is 0 Å².